The van der Waals surface area contributed by atoms with Gasteiger partial charge in [-0.1, -0.05) is 72.8 Å². The molecule has 0 saturated heterocycles. The molecule has 0 unspecified atom stereocenters. The number of carbonyl (C=O) groups excluding carboxylic acids is 2. The number of para-hydroxylation sites is 1. The Balaban J connectivity index is 1.55. The number of nitrogens with zero attached hydrogens (tertiary/aromatic N) is 1. The summed E-state index contributed by atoms with van der Waals surface area (Å²) >= 11 is 0. The van der Waals surface area contributed by atoms with Crippen molar-refractivity contribution in [2.45, 2.75) is 31.8 Å². The van der Waals surface area contributed by atoms with Crippen molar-refractivity contribution in [3.63, 3.8) is 0 Å². The molecule has 0 aromatic heterocycles. The Kier molecular flexibility index (Phi) is 6.66. The number of fused-ring (bicyclic) bond motifs is 1. The van der Waals surface area contributed by atoms with Gasteiger partial charge < -0.3 is 9.64 Å². The molecule has 4 rings (SSSR count). The Labute approximate surface area is 189 Å². The third kappa shape index (κ3) is 4.73. The Morgan fingerprint density at radius 1 is 0.875 bits per heavy atom. The van der Waals surface area contributed by atoms with Gasteiger partial charge in [0.15, 0.2) is 0 Å². The van der Waals surface area contributed by atoms with E-state index in [4.69, 9.17) is 4.74 Å². The van der Waals surface area contributed by atoms with Crippen LogP contribution in [0.25, 0.3) is 0 Å². The lowest BCUT2D eigenvalue weighted by Crippen LogP contribution is -2.56. The van der Waals surface area contributed by atoms with Crippen LogP contribution in [0.5, 0.6) is 0 Å². The number of carbonyl (C=O) groups is 2. The predicted molar refractivity (Wildman–Crippen MR) is 125 cm³/mol. The van der Waals surface area contributed by atoms with E-state index in [1.54, 1.807) is 11.8 Å². The van der Waals surface area contributed by atoms with E-state index in [9.17, 15) is 9.59 Å². The number of esters is 1. The standard InChI is InChI=1S/C27H28N2O3/c1-2-32-26(31)27(17-22-13-9-10-14-23(22)18-27)28-19-25(30)29(24-15-7-4-8-16-24)20-21-11-5-3-6-12-21/h3-16,28H,2,17-20H2,1H3. The van der Waals surface area contributed by atoms with Crippen LogP contribution in [0.3, 0.4) is 0 Å². The van der Waals surface area contributed by atoms with Crippen molar-refractivity contribution in [1.82, 2.24) is 5.32 Å². The minimum absolute atomic E-state index is 0.0362. The van der Waals surface area contributed by atoms with Crippen molar-refractivity contribution in [2.24, 2.45) is 0 Å². The Morgan fingerprint density at radius 3 is 2.03 bits per heavy atom. The van der Waals surface area contributed by atoms with Gasteiger partial charge in [0.05, 0.1) is 19.7 Å². The van der Waals surface area contributed by atoms with Crippen LogP contribution in [0.15, 0.2) is 84.9 Å². The first-order chi connectivity index (χ1) is 15.6. The predicted octanol–water partition coefficient (Wildman–Crippen LogP) is 3.91. The molecule has 3 aromatic rings. The largest absolute Gasteiger partial charge is 0.465 e. The van der Waals surface area contributed by atoms with E-state index in [1.165, 1.54) is 0 Å². The Morgan fingerprint density at radius 2 is 1.44 bits per heavy atom. The summed E-state index contributed by atoms with van der Waals surface area (Å²) in [5, 5.41) is 3.30. The van der Waals surface area contributed by atoms with Crippen molar-refractivity contribution >= 4 is 17.6 Å². The molecule has 0 bridgehead atoms. The summed E-state index contributed by atoms with van der Waals surface area (Å²) in [5.41, 5.74) is 3.17. The van der Waals surface area contributed by atoms with Gasteiger partial charge in [-0.2, -0.15) is 0 Å². The molecule has 0 spiro atoms. The van der Waals surface area contributed by atoms with Crippen LogP contribution in [0.2, 0.25) is 0 Å². The molecule has 5 nitrogen and oxygen atoms in total. The van der Waals surface area contributed by atoms with Crippen LogP contribution >= 0.6 is 0 Å². The van der Waals surface area contributed by atoms with Gasteiger partial charge in [0.1, 0.15) is 5.54 Å². The SMILES string of the molecule is CCOC(=O)C1(NCC(=O)N(Cc2ccccc2)c2ccccc2)Cc2ccccc2C1. The van der Waals surface area contributed by atoms with Crippen LogP contribution in [-0.2, 0) is 33.7 Å². The molecular formula is C27H28N2O3. The highest BCUT2D eigenvalue weighted by atomic mass is 16.5. The number of anilines is 1. The molecule has 1 N–H and O–H groups in total. The molecule has 0 fully saturated rings. The average Bonchev–Trinajstić information content (AvgIpc) is 3.22. The first kappa shape index (κ1) is 21.8. The molecule has 1 amide bonds. The summed E-state index contributed by atoms with van der Waals surface area (Å²) in [6.45, 7) is 2.60. The van der Waals surface area contributed by atoms with E-state index >= 15 is 0 Å². The fraction of sp³-hybridized carbons (Fsp3) is 0.259. The zero-order chi connectivity index (χ0) is 22.4. The second-order valence-electron chi connectivity index (χ2n) is 8.08. The topological polar surface area (TPSA) is 58.6 Å². The average molecular weight is 429 g/mol. The second kappa shape index (κ2) is 9.79. The van der Waals surface area contributed by atoms with Crippen LogP contribution in [0.1, 0.15) is 23.6 Å². The molecule has 3 aromatic carbocycles. The molecular weight excluding hydrogens is 400 g/mol. The highest BCUT2D eigenvalue weighted by molar-refractivity contribution is 5.95. The number of benzene rings is 3. The van der Waals surface area contributed by atoms with Crippen LogP contribution in [-0.4, -0.2) is 30.6 Å². The molecule has 0 saturated carbocycles. The van der Waals surface area contributed by atoms with Gasteiger partial charge in [-0.05, 0) is 35.7 Å². The van der Waals surface area contributed by atoms with Crippen LogP contribution in [0.4, 0.5) is 5.69 Å². The van der Waals surface area contributed by atoms with E-state index in [1.807, 2.05) is 84.9 Å². The van der Waals surface area contributed by atoms with E-state index in [0.29, 0.717) is 26.0 Å². The monoisotopic (exact) mass is 428 g/mol. The summed E-state index contributed by atoms with van der Waals surface area (Å²) in [6.07, 6.45) is 1.03. The van der Waals surface area contributed by atoms with Crippen molar-refractivity contribution in [2.75, 3.05) is 18.1 Å². The Bertz CT molecular complexity index is 1040. The van der Waals surface area contributed by atoms with Gasteiger partial charge in [0, 0.05) is 18.5 Å². The van der Waals surface area contributed by atoms with Crippen molar-refractivity contribution in [3.05, 3.63) is 102 Å². The number of rotatable bonds is 8. The lowest BCUT2D eigenvalue weighted by molar-refractivity contribution is -0.151. The third-order valence-electron chi connectivity index (χ3n) is 5.90. The third-order valence-corrected chi connectivity index (χ3v) is 5.90. The zero-order valence-corrected chi connectivity index (χ0v) is 18.3. The fourth-order valence-corrected chi connectivity index (χ4v) is 4.26. The molecule has 0 radical (unpaired) electrons. The first-order valence-electron chi connectivity index (χ1n) is 11.0. The maximum absolute atomic E-state index is 13.4. The van der Waals surface area contributed by atoms with Gasteiger partial charge in [0.25, 0.3) is 0 Å². The summed E-state index contributed by atoms with van der Waals surface area (Å²) in [4.78, 5) is 28.1. The number of amides is 1. The van der Waals surface area contributed by atoms with Gasteiger partial charge in [-0.15, -0.1) is 0 Å². The molecule has 5 heteroatoms. The maximum atomic E-state index is 13.4. The molecule has 1 aliphatic carbocycles. The lowest BCUT2D eigenvalue weighted by Gasteiger charge is -2.30. The minimum atomic E-state index is -0.926. The van der Waals surface area contributed by atoms with Gasteiger partial charge in [0.2, 0.25) is 5.91 Å². The van der Waals surface area contributed by atoms with Gasteiger partial charge >= 0.3 is 5.97 Å². The van der Waals surface area contributed by atoms with E-state index in [2.05, 4.69) is 5.32 Å². The molecule has 1 aliphatic rings. The highest BCUT2D eigenvalue weighted by Crippen LogP contribution is 2.31. The molecule has 0 heterocycles. The minimum Gasteiger partial charge on any atom is -0.465 e. The van der Waals surface area contributed by atoms with E-state index < -0.39 is 5.54 Å². The smallest absolute Gasteiger partial charge is 0.327 e. The molecule has 0 aliphatic heterocycles. The lowest BCUT2D eigenvalue weighted by atomic mass is 9.95. The number of ether oxygens (including phenoxy) is 1. The number of hydrogen-bond acceptors (Lipinski definition) is 4. The highest BCUT2D eigenvalue weighted by Gasteiger charge is 2.45. The molecule has 0 atom stereocenters. The first-order valence-corrected chi connectivity index (χ1v) is 11.0. The van der Waals surface area contributed by atoms with Crippen molar-refractivity contribution in [3.8, 4) is 0 Å². The van der Waals surface area contributed by atoms with Gasteiger partial charge in [-0.3, -0.25) is 14.9 Å². The molecule has 164 valence electrons. The van der Waals surface area contributed by atoms with E-state index in [0.717, 1.165) is 22.4 Å². The van der Waals surface area contributed by atoms with Crippen molar-refractivity contribution in [1.29, 1.82) is 0 Å². The summed E-state index contributed by atoms with van der Waals surface area (Å²) < 4.78 is 5.41. The second-order valence-corrected chi connectivity index (χ2v) is 8.08. The normalized spacial score (nSPS) is 13.9. The quantitative estimate of drug-likeness (QED) is 0.553. The van der Waals surface area contributed by atoms with Gasteiger partial charge in [-0.25, -0.2) is 0 Å². The zero-order valence-electron chi connectivity index (χ0n) is 18.3. The summed E-state index contributed by atoms with van der Waals surface area (Å²) in [6, 6.07) is 27.5. The maximum Gasteiger partial charge on any atom is 0.327 e. The summed E-state index contributed by atoms with van der Waals surface area (Å²) in [7, 11) is 0. The number of nitrogens with one attached hydrogen (secondary N) is 1. The Hall–Kier alpha value is -3.44. The molecule has 32 heavy (non-hydrogen) atoms. The fourth-order valence-electron chi connectivity index (χ4n) is 4.26. The number of hydrogen-bond donors (Lipinski definition) is 1. The van der Waals surface area contributed by atoms with Crippen LogP contribution in [0, 0.1) is 0 Å². The van der Waals surface area contributed by atoms with E-state index in [-0.39, 0.29) is 18.4 Å². The van der Waals surface area contributed by atoms with Crippen LogP contribution < -0.4 is 10.2 Å². The van der Waals surface area contributed by atoms with Crippen molar-refractivity contribution < 1.29 is 14.3 Å². The summed E-state index contributed by atoms with van der Waals surface area (Å²) in [5.74, 6) is -0.405.